The molecule has 0 atom stereocenters. The highest BCUT2D eigenvalue weighted by Crippen LogP contribution is 2.53. The van der Waals surface area contributed by atoms with Gasteiger partial charge in [-0.15, -0.1) is 0 Å². The molecule has 4 saturated carbocycles. The molecule has 0 saturated heterocycles. The van der Waals surface area contributed by atoms with Gasteiger partial charge in [-0.2, -0.15) is 0 Å². The van der Waals surface area contributed by atoms with Crippen molar-refractivity contribution >= 4 is 11.9 Å². The van der Waals surface area contributed by atoms with E-state index >= 15 is 0 Å². The molecule has 4 rings (SSSR count). The first-order valence-electron chi connectivity index (χ1n) is 6.67. The molecule has 0 unspecified atom stereocenters. The highest BCUT2D eigenvalue weighted by Gasteiger charge is 2.41. The lowest BCUT2D eigenvalue weighted by molar-refractivity contribution is -0.134. The highest BCUT2D eigenvalue weighted by molar-refractivity contribution is 5.89. The first kappa shape index (κ1) is 13.1. The van der Waals surface area contributed by atoms with Crippen LogP contribution in [0.5, 0.6) is 0 Å². The van der Waals surface area contributed by atoms with E-state index in [0.29, 0.717) is 12.2 Å². The summed E-state index contributed by atoms with van der Waals surface area (Å²) in [6.07, 6.45) is 10.7. The summed E-state index contributed by atoms with van der Waals surface area (Å²) in [5.74, 6) is 2.19. The number of hydrogen-bond donors (Lipinski definition) is 2. The van der Waals surface area contributed by atoms with Crippen molar-refractivity contribution in [2.45, 2.75) is 38.5 Å². The Morgan fingerprint density at radius 3 is 1.06 bits per heavy atom. The van der Waals surface area contributed by atoms with Gasteiger partial charge in [-0.3, -0.25) is 0 Å². The number of rotatable bonds is 2. The molecule has 18 heavy (non-hydrogen) atoms. The predicted octanol–water partition coefficient (Wildman–Crippen LogP) is 2.54. The third-order valence-corrected chi connectivity index (χ3v) is 4.37. The maximum absolute atomic E-state index is 9.55. The molecule has 100 valence electrons. The Labute approximate surface area is 107 Å². The molecule has 0 aromatic heterocycles. The molecule has 4 aliphatic carbocycles. The van der Waals surface area contributed by atoms with Gasteiger partial charge >= 0.3 is 11.9 Å². The van der Waals surface area contributed by atoms with Crippen molar-refractivity contribution in [3.63, 3.8) is 0 Å². The Balaban J connectivity index is 0.000000139. The van der Waals surface area contributed by atoms with Crippen LogP contribution in [0.1, 0.15) is 38.5 Å². The predicted molar refractivity (Wildman–Crippen MR) is 66.1 cm³/mol. The minimum Gasteiger partial charge on any atom is -0.478 e. The molecule has 0 aromatic rings. The normalized spacial score (nSPS) is 36.2. The zero-order valence-corrected chi connectivity index (χ0v) is 10.4. The van der Waals surface area contributed by atoms with Crippen LogP contribution >= 0.6 is 0 Å². The van der Waals surface area contributed by atoms with Crippen LogP contribution in [-0.4, -0.2) is 22.2 Å². The Bertz CT molecular complexity index is 286. The van der Waals surface area contributed by atoms with Crippen LogP contribution in [0.4, 0.5) is 0 Å². The van der Waals surface area contributed by atoms with E-state index in [1.54, 1.807) is 38.5 Å². The van der Waals surface area contributed by atoms with Crippen molar-refractivity contribution in [2.24, 2.45) is 23.7 Å². The van der Waals surface area contributed by atoms with E-state index in [0.717, 1.165) is 0 Å². The zero-order valence-electron chi connectivity index (χ0n) is 10.4. The van der Waals surface area contributed by atoms with E-state index in [1.807, 2.05) is 0 Å². The molecule has 0 radical (unpaired) electrons. The first-order valence-corrected chi connectivity index (χ1v) is 6.67. The number of hydrogen-bond acceptors (Lipinski definition) is 2. The highest BCUT2D eigenvalue weighted by atomic mass is 16.4. The minimum atomic E-state index is -1.26. The summed E-state index contributed by atoms with van der Waals surface area (Å²) in [6, 6.07) is 0. The molecular formula is C14H20O4. The van der Waals surface area contributed by atoms with Crippen LogP contribution in [-0.2, 0) is 9.59 Å². The van der Waals surface area contributed by atoms with Crippen LogP contribution in [0.3, 0.4) is 0 Å². The average molecular weight is 252 g/mol. The fraction of sp³-hybridized carbons (Fsp3) is 0.714. The van der Waals surface area contributed by atoms with Gasteiger partial charge in [0.05, 0.1) is 0 Å². The fourth-order valence-electron chi connectivity index (χ4n) is 4.13. The number of carboxylic acid groups (broad SMARTS) is 2. The zero-order chi connectivity index (χ0) is 13.1. The molecule has 4 heteroatoms. The third kappa shape index (κ3) is 3.59. The molecule has 0 aromatic carbocycles. The molecule has 4 bridgehead atoms. The summed E-state index contributed by atoms with van der Waals surface area (Å²) in [5, 5.41) is 15.6. The second-order valence-electron chi connectivity index (χ2n) is 5.89. The van der Waals surface area contributed by atoms with Gasteiger partial charge in [0.2, 0.25) is 0 Å². The molecular weight excluding hydrogens is 232 g/mol. The van der Waals surface area contributed by atoms with Crippen LogP contribution in [0.15, 0.2) is 12.2 Å². The van der Waals surface area contributed by atoms with E-state index in [9.17, 15) is 9.59 Å². The molecule has 0 aliphatic heterocycles. The van der Waals surface area contributed by atoms with E-state index in [-0.39, 0.29) is 0 Å². The Hall–Kier alpha value is -1.32. The van der Waals surface area contributed by atoms with Crippen molar-refractivity contribution in [1.82, 2.24) is 0 Å². The van der Waals surface area contributed by atoms with E-state index in [4.69, 9.17) is 10.2 Å². The van der Waals surface area contributed by atoms with Crippen molar-refractivity contribution in [3.8, 4) is 0 Å². The molecule has 0 amide bonds. The summed E-state index contributed by atoms with van der Waals surface area (Å²) < 4.78 is 0. The van der Waals surface area contributed by atoms with Crippen molar-refractivity contribution in [2.75, 3.05) is 0 Å². The molecule has 4 aliphatic rings. The standard InChI is InChI=1S/C10H16.C4H4O4/c1-7-2-9-4-8(1)5-10(3-7)6-9;5-3(6)1-2-4(7)8/h7-10H,1-6H2;1-2H,(H,5,6)(H,7,8)/b;2-1+. The van der Waals surface area contributed by atoms with Gasteiger partial charge in [0.25, 0.3) is 0 Å². The number of carbonyl (C=O) groups is 2. The Morgan fingerprint density at radius 1 is 0.667 bits per heavy atom. The smallest absolute Gasteiger partial charge is 0.328 e. The number of aliphatic carboxylic acids is 2. The SMILES string of the molecule is C1C2CC3CC1CC(C2)C3.O=C(O)/C=C/C(=O)O. The average Bonchev–Trinajstić information content (AvgIpc) is 2.25. The summed E-state index contributed by atoms with van der Waals surface area (Å²) >= 11 is 0. The largest absolute Gasteiger partial charge is 0.478 e. The Kier molecular flexibility index (Phi) is 4.04. The third-order valence-electron chi connectivity index (χ3n) is 4.37. The minimum absolute atomic E-state index is 0.558. The van der Waals surface area contributed by atoms with Crippen LogP contribution in [0.25, 0.3) is 0 Å². The van der Waals surface area contributed by atoms with Crippen molar-refractivity contribution in [1.29, 1.82) is 0 Å². The van der Waals surface area contributed by atoms with Gasteiger partial charge in [-0.05, 0) is 62.2 Å². The maximum atomic E-state index is 9.55. The van der Waals surface area contributed by atoms with Gasteiger partial charge in [-0.1, -0.05) is 0 Å². The van der Waals surface area contributed by atoms with Gasteiger partial charge in [0.1, 0.15) is 0 Å². The molecule has 2 N–H and O–H groups in total. The molecule has 0 heterocycles. The van der Waals surface area contributed by atoms with Gasteiger partial charge in [-0.25, -0.2) is 9.59 Å². The summed E-state index contributed by atoms with van der Waals surface area (Å²) in [6.45, 7) is 0. The number of carboxylic acids is 2. The second kappa shape index (κ2) is 5.55. The van der Waals surface area contributed by atoms with Crippen molar-refractivity contribution < 1.29 is 19.8 Å². The molecule has 0 spiro atoms. The summed E-state index contributed by atoms with van der Waals surface area (Å²) in [7, 11) is 0. The monoisotopic (exact) mass is 252 g/mol. The summed E-state index contributed by atoms with van der Waals surface area (Å²) in [4.78, 5) is 19.1. The topological polar surface area (TPSA) is 74.6 Å². The lowest BCUT2D eigenvalue weighted by Gasteiger charge is -2.49. The van der Waals surface area contributed by atoms with Crippen LogP contribution in [0.2, 0.25) is 0 Å². The Morgan fingerprint density at radius 2 is 0.889 bits per heavy atom. The van der Waals surface area contributed by atoms with Gasteiger partial charge < -0.3 is 10.2 Å². The lowest BCUT2D eigenvalue weighted by Crippen LogP contribution is -2.38. The van der Waals surface area contributed by atoms with Gasteiger partial charge in [0, 0.05) is 12.2 Å². The quantitative estimate of drug-likeness (QED) is 0.741. The molecule has 4 fully saturated rings. The maximum Gasteiger partial charge on any atom is 0.328 e. The van der Waals surface area contributed by atoms with E-state index in [1.165, 1.54) is 23.7 Å². The summed E-state index contributed by atoms with van der Waals surface area (Å²) in [5.41, 5.74) is 0. The molecule has 4 nitrogen and oxygen atoms in total. The fourth-order valence-corrected chi connectivity index (χ4v) is 4.13. The van der Waals surface area contributed by atoms with E-state index < -0.39 is 11.9 Å². The van der Waals surface area contributed by atoms with Crippen LogP contribution in [0, 0.1) is 23.7 Å². The second-order valence-corrected chi connectivity index (χ2v) is 5.89. The van der Waals surface area contributed by atoms with E-state index in [2.05, 4.69) is 0 Å². The first-order chi connectivity index (χ1) is 8.52. The van der Waals surface area contributed by atoms with Gasteiger partial charge in [0.15, 0.2) is 0 Å². The van der Waals surface area contributed by atoms with Crippen LogP contribution < -0.4 is 0 Å². The lowest BCUT2D eigenvalue weighted by atomic mass is 9.56. The van der Waals surface area contributed by atoms with Crippen molar-refractivity contribution in [3.05, 3.63) is 12.2 Å².